The maximum Gasteiger partial charge on any atom is 0.0168 e. The van der Waals surface area contributed by atoms with E-state index in [1.165, 1.54) is 43.9 Å². The summed E-state index contributed by atoms with van der Waals surface area (Å²) in [6.45, 7) is 7.15. The molecule has 0 bridgehead atoms. The van der Waals surface area contributed by atoms with Gasteiger partial charge in [-0.1, -0.05) is 6.92 Å². The van der Waals surface area contributed by atoms with Crippen LogP contribution in [0.5, 0.6) is 0 Å². The summed E-state index contributed by atoms with van der Waals surface area (Å²) in [5.74, 6) is 2.70. The van der Waals surface area contributed by atoms with Crippen molar-refractivity contribution in [2.24, 2.45) is 0 Å². The van der Waals surface area contributed by atoms with Gasteiger partial charge in [0.15, 0.2) is 0 Å². The van der Waals surface area contributed by atoms with Gasteiger partial charge >= 0.3 is 0 Å². The normalized spacial score (nSPS) is 38.4. The summed E-state index contributed by atoms with van der Waals surface area (Å²) in [5, 5.41) is 3.85. The Morgan fingerprint density at radius 2 is 2.20 bits per heavy atom. The molecule has 3 atom stereocenters. The second-order valence-electron chi connectivity index (χ2n) is 4.93. The Morgan fingerprint density at radius 1 is 1.33 bits per heavy atom. The number of hydrogen-bond acceptors (Lipinski definition) is 3. The molecule has 88 valence electrons. The third-order valence-corrected chi connectivity index (χ3v) is 4.98. The molecule has 2 heterocycles. The van der Waals surface area contributed by atoms with E-state index in [2.05, 4.69) is 35.8 Å². The Balaban J connectivity index is 1.75. The van der Waals surface area contributed by atoms with Gasteiger partial charge in [0.1, 0.15) is 0 Å². The topological polar surface area (TPSA) is 15.3 Å². The molecule has 15 heavy (non-hydrogen) atoms. The number of nitrogens with zero attached hydrogens (tertiary/aromatic N) is 1. The Kier molecular flexibility index (Phi) is 4.35. The standard InChI is InChI=1S/C12H24N2S/c1-3-14-6-4-11(8-10(14)2)13-12-5-7-15-9-12/h10-13H,3-9H2,1-2H3. The van der Waals surface area contributed by atoms with Crippen molar-refractivity contribution >= 4 is 11.8 Å². The lowest BCUT2D eigenvalue weighted by Gasteiger charge is -2.38. The molecule has 2 aliphatic heterocycles. The molecule has 3 heteroatoms. The van der Waals surface area contributed by atoms with Crippen molar-refractivity contribution in [3.63, 3.8) is 0 Å². The minimum absolute atomic E-state index is 0.773. The van der Waals surface area contributed by atoms with Crippen LogP contribution in [0.3, 0.4) is 0 Å². The van der Waals surface area contributed by atoms with Crippen LogP contribution in [0.25, 0.3) is 0 Å². The zero-order valence-electron chi connectivity index (χ0n) is 10.0. The van der Waals surface area contributed by atoms with Crippen molar-refractivity contribution < 1.29 is 0 Å². The third-order valence-electron chi connectivity index (χ3n) is 3.82. The van der Waals surface area contributed by atoms with Gasteiger partial charge in [0.2, 0.25) is 0 Å². The highest BCUT2D eigenvalue weighted by molar-refractivity contribution is 7.99. The van der Waals surface area contributed by atoms with Crippen LogP contribution in [-0.4, -0.2) is 47.6 Å². The number of hydrogen-bond donors (Lipinski definition) is 1. The summed E-state index contributed by atoms with van der Waals surface area (Å²) in [6, 6.07) is 2.36. The number of likely N-dealkylation sites (tertiary alicyclic amines) is 1. The first-order valence-corrected chi connectivity index (χ1v) is 7.53. The minimum atomic E-state index is 0.773. The van der Waals surface area contributed by atoms with E-state index in [1.807, 2.05) is 0 Å². The molecule has 2 aliphatic rings. The summed E-state index contributed by atoms with van der Waals surface area (Å²) in [4.78, 5) is 2.60. The monoisotopic (exact) mass is 228 g/mol. The Labute approximate surface area is 98.2 Å². The molecule has 2 saturated heterocycles. The van der Waals surface area contributed by atoms with E-state index in [0.29, 0.717) is 0 Å². The fourth-order valence-electron chi connectivity index (χ4n) is 2.84. The van der Waals surface area contributed by atoms with E-state index in [0.717, 1.165) is 18.1 Å². The molecule has 0 aromatic rings. The molecule has 0 amide bonds. The number of thioether (sulfide) groups is 1. The highest BCUT2D eigenvalue weighted by Crippen LogP contribution is 2.21. The van der Waals surface area contributed by atoms with Gasteiger partial charge in [-0.25, -0.2) is 0 Å². The van der Waals surface area contributed by atoms with E-state index in [1.54, 1.807) is 0 Å². The molecular formula is C12H24N2S. The second-order valence-corrected chi connectivity index (χ2v) is 6.08. The average Bonchev–Trinajstić information content (AvgIpc) is 2.71. The van der Waals surface area contributed by atoms with E-state index in [-0.39, 0.29) is 0 Å². The lowest BCUT2D eigenvalue weighted by molar-refractivity contribution is 0.139. The highest BCUT2D eigenvalue weighted by atomic mass is 32.2. The van der Waals surface area contributed by atoms with Crippen molar-refractivity contribution in [1.29, 1.82) is 0 Å². The molecule has 0 aromatic heterocycles. The largest absolute Gasteiger partial charge is 0.310 e. The molecule has 2 nitrogen and oxygen atoms in total. The maximum atomic E-state index is 3.85. The lowest BCUT2D eigenvalue weighted by atomic mass is 9.97. The zero-order chi connectivity index (χ0) is 10.7. The lowest BCUT2D eigenvalue weighted by Crippen LogP contribution is -2.49. The third kappa shape index (κ3) is 3.11. The smallest absolute Gasteiger partial charge is 0.0168 e. The first-order valence-electron chi connectivity index (χ1n) is 6.37. The van der Waals surface area contributed by atoms with Gasteiger partial charge < -0.3 is 10.2 Å². The van der Waals surface area contributed by atoms with Crippen LogP contribution in [0, 0.1) is 0 Å². The van der Waals surface area contributed by atoms with E-state index >= 15 is 0 Å². The SMILES string of the molecule is CCN1CCC(NC2CCSC2)CC1C. The predicted octanol–water partition coefficient (Wildman–Crippen LogP) is 1.95. The molecule has 1 N–H and O–H groups in total. The molecule has 0 radical (unpaired) electrons. The van der Waals surface area contributed by atoms with Crippen LogP contribution in [0.4, 0.5) is 0 Å². The summed E-state index contributed by atoms with van der Waals surface area (Å²) in [6.07, 6.45) is 4.07. The van der Waals surface area contributed by atoms with Crippen LogP contribution < -0.4 is 5.32 Å². The molecule has 3 unspecified atom stereocenters. The van der Waals surface area contributed by atoms with E-state index in [4.69, 9.17) is 0 Å². The molecule has 0 saturated carbocycles. The van der Waals surface area contributed by atoms with Crippen molar-refractivity contribution in [2.75, 3.05) is 24.6 Å². The molecule has 0 aromatic carbocycles. The first-order chi connectivity index (χ1) is 7.29. The predicted molar refractivity (Wildman–Crippen MR) is 68.6 cm³/mol. The van der Waals surface area contributed by atoms with Crippen LogP contribution in [0.2, 0.25) is 0 Å². The zero-order valence-corrected chi connectivity index (χ0v) is 10.9. The molecule has 0 spiro atoms. The number of piperidine rings is 1. The maximum absolute atomic E-state index is 3.85. The molecule has 2 fully saturated rings. The van der Waals surface area contributed by atoms with Gasteiger partial charge in [-0.3, -0.25) is 0 Å². The quantitative estimate of drug-likeness (QED) is 0.795. The van der Waals surface area contributed by atoms with E-state index < -0.39 is 0 Å². The first kappa shape index (κ1) is 11.7. The van der Waals surface area contributed by atoms with Crippen LogP contribution >= 0.6 is 11.8 Å². The summed E-state index contributed by atoms with van der Waals surface area (Å²) in [7, 11) is 0. The van der Waals surface area contributed by atoms with Gasteiger partial charge in [-0.05, 0) is 45.0 Å². The van der Waals surface area contributed by atoms with Gasteiger partial charge in [0, 0.05) is 23.9 Å². The second kappa shape index (κ2) is 5.55. The van der Waals surface area contributed by atoms with Gasteiger partial charge in [0.05, 0.1) is 0 Å². The fourth-order valence-corrected chi connectivity index (χ4v) is 4.01. The van der Waals surface area contributed by atoms with Crippen LogP contribution in [-0.2, 0) is 0 Å². The molecular weight excluding hydrogens is 204 g/mol. The Hall–Kier alpha value is 0.270. The Morgan fingerprint density at radius 3 is 2.80 bits per heavy atom. The van der Waals surface area contributed by atoms with Crippen molar-refractivity contribution in [3.05, 3.63) is 0 Å². The minimum Gasteiger partial charge on any atom is -0.310 e. The summed E-state index contributed by atoms with van der Waals surface area (Å²) >= 11 is 2.10. The van der Waals surface area contributed by atoms with Crippen molar-refractivity contribution in [1.82, 2.24) is 10.2 Å². The average molecular weight is 228 g/mol. The highest BCUT2D eigenvalue weighted by Gasteiger charge is 2.26. The summed E-state index contributed by atoms with van der Waals surface area (Å²) < 4.78 is 0. The molecule has 0 aliphatic carbocycles. The number of nitrogens with one attached hydrogen (secondary N) is 1. The number of rotatable bonds is 3. The van der Waals surface area contributed by atoms with Gasteiger partial charge in [-0.2, -0.15) is 11.8 Å². The fraction of sp³-hybridized carbons (Fsp3) is 1.00. The Bertz CT molecular complexity index is 192. The molecule has 2 rings (SSSR count). The van der Waals surface area contributed by atoms with Gasteiger partial charge in [-0.15, -0.1) is 0 Å². The summed E-state index contributed by atoms with van der Waals surface area (Å²) in [5.41, 5.74) is 0. The van der Waals surface area contributed by atoms with Gasteiger partial charge in [0.25, 0.3) is 0 Å². The van der Waals surface area contributed by atoms with E-state index in [9.17, 15) is 0 Å². The van der Waals surface area contributed by atoms with Crippen LogP contribution in [0.1, 0.15) is 33.1 Å². The van der Waals surface area contributed by atoms with Crippen LogP contribution in [0.15, 0.2) is 0 Å². The van der Waals surface area contributed by atoms with Crippen molar-refractivity contribution in [2.45, 2.75) is 51.2 Å². The van der Waals surface area contributed by atoms with Crippen molar-refractivity contribution in [3.8, 4) is 0 Å².